The molecule has 32 heavy (non-hydrogen) atoms. The Hall–Kier alpha value is -1.79. The van der Waals surface area contributed by atoms with Crippen molar-refractivity contribution in [2.45, 2.75) is 32.2 Å². The Labute approximate surface area is 208 Å². The molecule has 174 valence electrons. The van der Waals surface area contributed by atoms with E-state index in [-0.39, 0.29) is 0 Å². The average molecular weight is 495 g/mol. The molecule has 0 heterocycles. The summed E-state index contributed by atoms with van der Waals surface area (Å²) in [7, 11) is 4.06. The fourth-order valence-electron chi connectivity index (χ4n) is 3.18. The first-order valence-corrected chi connectivity index (χ1v) is 12.0. The number of nitrogens with one attached hydrogen (secondary N) is 1. The molecule has 4 nitrogen and oxygen atoms in total. The molecule has 0 aliphatic carbocycles. The number of thiocarbonyl (C=S) groups is 1. The molecule has 0 radical (unpaired) electrons. The van der Waals surface area contributed by atoms with Crippen molar-refractivity contribution >= 4 is 46.2 Å². The van der Waals surface area contributed by atoms with Crippen LogP contribution in [0.4, 0.5) is 5.69 Å². The summed E-state index contributed by atoms with van der Waals surface area (Å²) < 4.78 is 5.88. The van der Waals surface area contributed by atoms with Crippen molar-refractivity contribution in [1.29, 1.82) is 0 Å². The van der Waals surface area contributed by atoms with Gasteiger partial charge in [-0.25, -0.2) is 0 Å². The lowest BCUT2D eigenvalue weighted by Crippen LogP contribution is -2.36. The van der Waals surface area contributed by atoms with Crippen molar-refractivity contribution in [3.63, 3.8) is 0 Å². The van der Waals surface area contributed by atoms with Gasteiger partial charge in [0.15, 0.2) is 5.11 Å². The van der Waals surface area contributed by atoms with Crippen LogP contribution in [0.3, 0.4) is 0 Å². The van der Waals surface area contributed by atoms with Crippen molar-refractivity contribution in [3.8, 4) is 5.75 Å². The first-order valence-electron chi connectivity index (χ1n) is 10.9. The highest BCUT2D eigenvalue weighted by Crippen LogP contribution is 2.22. The summed E-state index contributed by atoms with van der Waals surface area (Å²) in [5, 5.41) is 5.09. The fourth-order valence-corrected chi connectivity index (χ4v) is 3.83. The summed E-state index contributed by atoms with van der Waals surface area (Å²) in [6.45, 7) is 7.10. The zero-order valence-corrected chi connectivity index (χ0v) is 21.3. The molecule has 1 N–H and O–H groups in total. The standard InChI is InChI=1S/C25H33Cl2N3OS/c1-4-15-29(2)16-7-5-6-8-17-31-23-13-11-22(12-14-23)30(3)25(32)28-19-20-9-10-21(26)18-24(20)27/h4,9-14,18H,1,5-8,15-17,19H2,2-3H3,(H,28,32). The Balaban J connectivity index is 1.68. The van der Waals surface area contributed by atoms with Crippen LogP contribution in [0.25, 0.3) is 0 Å². The van der Waals surface area contributed by atoms with E-state index in [1.165, 1.54) is 19.3 Å². The summed E-state index contributed by atoms with van der Waals surface area (Å²) in [6.07, 6.45) is 6.62. The molecule has 0 aliphatic rings. The van der Waals surface area contributed by atoms with E-state index in [0.717, 1.165) is 43.1 Å². The van der Waals surface area contributed by atoms with Gasteiger partial charge < -0.3 is 19.9 Å². The number of unbranched alkanes of at least 4 members (excludes halogenated alkanes) is 3. The molecule has 2 aromatic carbocycles. The predicted molar refractivity (Wildman–Crippen MR) is 142 cm³/mol. The second-order valence-electron chi connectivity index (χ2n) is 7.76. The smallest absolute Gasteiger partial charge is 0.173 e. The number of ether oxygens (including phenoxy) is 1. The summed E-state index contributed by atoms with van der Waals surface area (Å²) in [6, 6.07) is 13.4. The van der Waals surface area contributed by atoms with E-state index < -0.39 is 0 Å². The molecule has 0 aliphatic heterocycles. The molecule has 0 saturated heterocycles. The SMILES string of the molecule is C=CCN(C)CCCCCCOc1ccc(N(C)C(=S)NCc2ccc(Cl)cc2Cl)cc1. The lowest BCUT2D eigenvalue weighted by atomic mass is 10.2. The lowest BCUT2D eigenvalue weighted by Gasteiger charge is -2.21. The van der Waals surface area contributed by atoms with Gasteiger partial charge in [-0.05, 0) is 80.6 Å². The minimum atomic E-state index is 0.533. The van der Waals surface area contributed by atoms with Gasteiger partial charge in [0.1, 0.15) is 5.75 Å². The van der Waals surface area contributed by atoms with Gasteiger partial charge >= 0.3 is 0 Å². The monoisotopic (exact) mass is 493 g/mol. The number of nitrogens with zero attached hydrogens (tertiary/aromatic N) is 2. The van der Waals surface area contributed by atoms with E-state index in [1.54, 1.807) is 6.07 Å². The minimum Gasteiger partial charge on any atom is -0.494 e. The number of likely N-dealkylation sites (N-methyl/N-ethyl adjacent to an activating group) is 1. The lowest BCUT2D eigenvalue weighted by molar-refractivity contribution is 0.300. The van der Waals surface area contributed by atoms with Gasteiger partial charge in [0.2, 0.25) is 0 Å². The Bertz CT molecular complexity index is 861. The van der Waals surface area contributed by atoms with Crippen LogP contribution in [-0.2, 0) is 6.54 Å². The zero-order valence-electron chi connectivity index (χ0n) is 18.9. The molecule has 0 aromatic heterocycles. The summed E-state index contributed by atoms with van der Waals surface area (Å²) in [4.78, 5) is 4.21. The first-order chi connectivity index (χ1) is 15.4. The maximum atomic E-state index is 6.23. The Morgan fingerprint density at radius 3 is 2.47 bits per heavy atom. The maximum absolute atomic E-state index is 6.23. The Morgan fingerprint density at radius 1 is 1.06 bits per heavy atom. The summed E-state index contributed by atoms with van der Waals surface area (Å²) >= 11 is 17.7. The highest BCUT2D eigenvalue weighted by Gasteiger charge is 2.08. The zero-order chi connectivity index (χ0) is 23.3. The Kier molecular flexibility index (Phi) is 11.9. The topological polar surface area (TPSA) is 27.7 Å². The molecule has 0 atom stereocenters. The molecule has 0 saturated carbocycles. The maximum Gasteiger partial charge on any atom is 0.173 e. The van der Waals surface area contributed by atoms with Crippen LogP contribution < -0.4 is 15.0 Å². The third-order valence-corrected chi connectivity index (χ3v) is 6.12. The number of hydrogen-bond donors (Lipinski definition) is 1. The van der Waals surface area contributed by atoms with Crippen LogP contribution in [0.15, 0.2) is 55.1 Å². The quantitative estimate of drug-likeness (QED) is 0.193. The molecular weight excluding hydrogens is 461 g/mol. The van der Waals surface area contributed by atoms with Crippen molar-refractivity contribution in [2.75, 3.05) is 38.7 Å². The third-order valence-electron chi connectivity index (χ3n) is 5.12. The average Bonchev–Trinajstić information content (AvgIpc) is 2.77. The highest BCUT2D eigenvalue weighted by molar-refractivity contribution is 7.80. The van der Waals surface area contributed by atoms with E-state index >= 15 is 0 Å². The third kappa shape index (κ3) is 9.37. The van der Waals surface area contributed by atoms with Gasteiger partial charge in [0.05, 0.1) is 6.61 Å². The number of hydrogen-bond acceptors (Lipinski definition) is 3. The van der Waals surface area contributed by atoms with Gasteiger partial charge in [-0.15, -0.1) is 6.58 Å². The van der Waals surface area contributed by atoms with E-state index in [4.69, 9.17) is 40.2 Å². The molecule has 0 bridgehead atoms. The fraction of sp³-hybridized carbons (Fsp3) is 0.400. The highest BCUT2D eigenvalue weighted by atomic mass is 35.5. The van der Waals surface area contributed by atoms with Crippen LogP contribution in [0.2, 0.25) is 10.0 Å². The van der Waals surface area contributed by atoms with Crippen LogP contribution in [0.5, 0.6) is 5.75 Å². The van der Waals surface area contributed by atoms with Gasteiger partial charge in [-0.3, -0.25) is 0 Å². The number of benzene rings is 2. The molecule has 0 unspecified atom stereocenters. The first kappa shape index (κ1) is 26.5. The predicted octanol–water partition coefficient (Wildman–Crippen LogP) is 6.56. The Morgan fingerprint density at radius 2 is 1.78 bits per heavy atom. The summed E-state index contributed by atoms with van der Waals surface area (Å²) in [5.41, 5.74) is 1.93. The van der Waals surface area contributed by atoms with Crippen LogP contribution in [-0.4, -0.2) is 43.8 Å². The number of rotatable bonds is 13. The molecular formula is C25H33Cl2N3OS. The van der Waals surface area contributed by atoms with Crippen LogP contribution >= 0.6 is 35.4 Å². The van der Waals surface area contributed by atoms with Crippen LogP contribution in [0, 0.1) is 0 Å². The normalized spacial score (nSPS) is 10.8. The van der Waals surface area contributed by atoms with Gasteiger partial charge in [-0.1, -0.05) is 48.2 Å². The molecule has 0 spiro atoms. The summed E-state index contributed by atoms with van der Waals surface area (Å²) in [5.74, 6) is 0.875. The van der Waals surface area contributed by atoms with Gasteiger partial charge in [0, 0.05) is 35.9 Å². The second kappa shape index (κ2) is 14.4. The van der Waals surface area contributed by atoms with Gasteiger partial charge in [-0.2, -0.15) is 0 Å². The van der Waals surface area contributed by atoms with Gasteiger partial charge in [0.25, 0.3) is 0 Å². The van der Waals surface area contributed by atoms with E-state index in [2.05, 4.69) is 23.8 Å². The van der Waals surface area contributed by atoms with E-state index in [1.807, 2.05) is 54.4 Å². The minimum absolute atomic E-state index is 0.533. The van der Waals surface area contributed by atoms with Crippen molar-refractivity contribution in [3.05, 3.63) is 70.7 Å². The van der Waals surface area contributed by atoms with Crippen LogP contribution in [0.1, 0.15) is 31.2 Å². The number of halogens is 2. The van der Waals surface area contributed by atoms with Crippen molar-refractivity contribution < 1.29 is 4.74 Å². The molecule has 0 amide bonds. The molecule has 2 rings (SSSR count). The molecule has 0 fully saturated rings. The number of anilines is 1. The van der Waals surface area contributed by atoms with E-state index in [0.29, 0.717) is 21.7 Å². The molecule has 7 heteroatoms. The molecule has 2 aromatic rings. The van der Waals surface area contributed by atoms with E-state index in [9.17, 15) is 0 Å². The second-order valence-corrected chi connectivity index (χ2v) is 8.99. The van der Waals surface area contributed by atoms with Crippen molar-refractivity contribution in [1.82, 2.24) is 10.2 Å². The van der Waals surface area contributed by atoms with Crippen molar-refractivity contribution in [2.24, 2.45) is 0 Å². The largest absolute Gasteiger partial charge is 0.494 e.